The smallest absolute Gasteiger partial charge is 0.407 e. The van der Waals surface area contributed by atoms with Crippen molar-refractivity contribution in [2.45, 2.75) is 45.3 Å². The summed E-state index contributed by atoms with van der Waals surface area (Å²) in [6, 6.07) is 23.5. The first-order valence-corrected chi connectivity index (χ1v) is 14.8. The molecule has 0 spiro atoms. The van der Waals surface area contributed by atoms with Crippen molar-refractivity contribution in [3.05, 3.63) is 100 Å². The number of aryl methyl sites for hydroxylation is 2. The summed E-state index contributed by atoms with van der Waals surface area (Å²) in [6.07, 6.45) is 0.674. The number of ether oxygens (including phenoxy) is 2. The van der Waals surface area contributed by atoms with Gasteiger partial charge in [0.2, 0.25) is 5.91 Å². The van der Waals surface area contributed by atoms with Gasteiger partial charge in [0.25, 0.3) is 5.91 Å². The minimum Gasteiger partial charge on any atom is -0.469 e. The molecule has 4 rings (SSSR count). The number of hydrogen-bond donors (Lipinski definition) is 3. The number of anilines is 1. The van der Waals surface area contributed by atoms with E-state index in [0.717, 1.165) is 26.8 Å². The molecule has 0 bridgehead atoms. The zero-order chi connectivity index (χ0) is 30.6. The van der Waals surface area contributed by atoms with Gasteiger partial charge in [0.15, 0.2) is 0 Å². The minimum atomic E-state index is -0.878. The lowest BCUT2D eigenvalue weighted by Crippen LogP contribution is -2.44. The van der Waals surface area contributed by atoms with Crippen LogP contribution in [0, 0.1) is 6.92 Å². The van der Waals surface area contributed by atoms with Gasteiger partial charge in [-0.15, -0.1) is 11.3 Å². The van der Waals surface area contributed by atoms with Gasteiger partial charge in [-0.25, -0.2) is 4.79 Å². The lowest BCUT2D eigenvalue weighted by atomic mass is 10.1. The predicted octanol–water partition coefficient (Wildman–Crippen LogP) is 5.76. The van der Waals surface area contributed by atoms with Crippen LogP contribution < -0.4 is 16.0 Å². The molecule has 3 N–H and O–H groups in total. The minimum absolute atomic E-state index is 0.152. The molecule has 224 valence electrons. The highest BCUT2D eigenvalue weighted by atomic mass is 32.1. The molecule has 3 aromatic carbocycles. The van der Waals surface area contributed by atoms with E-state index in [9.17, 15) is 19.2 Å². The molecule has 0 aliphatic carbocycles. The van der Waals surface area contributed by atoms with Crippen LogP contribution in [0.2, 0.25) is 0 Å². The summed E-state index contributed by atoms with van der Waals surface area (Å²) in [7, 11) is 1.33. The van der Waals surface area contributed by atoms with Gasteiger partial charge in [-0.05, 0) is 60.9 Å². The first kappa shape index (κ1) is 31.2. The lowest BCUT2D eigenvalue weighted by molar-refractivity contribution is -0.140. The van der Waals surface area contributed by atoms with Crippen LogP contribution in [0.4, 0.5) is 10.5 Å². The number of rotatable bonds is 13. The molecule has 1 aromatic heterocycles. The Morgan fingerprint density at radius 3 is 2.51 bits per heavy atom. The average molecular weight is 602 g/mol. The van der Waals surface area contributed by atoms with E-state index < -0.39 is 18.0 Å². The highest BCUT2D eigenvalue weighted by Gasteiger charge is 2.23. The van der Waals surface area contributed by atoms with Crippen LogP contribution in [0.15, 0.2) is 78.9 Å². The number of amides is 3. The van der Waals surface area contributed by atoms with Crippen molar-refractivity contribution in [1.82, 2.24) is 10.6 Å². The zero-order valence-corrected chi connectivity index (χ0v) is 25.0. The lowest BCUT2D eigenvalue weighted by Gasteiger charge is -2.19. The van der Waals surface area contributed by atoms with E-state index in [1.807, 2.05) is 67.6 Å². The predicted molar refractivity (Wildman–Crippen MR) is 167 cm³/mol. The van der Waals surface area contributed by atoms with Crippen LogP contribution in [0.1, 0.15) is 45.6 Å². The molecule has 10 heteroatoms. The fourth-order valence-electron chi connectivity index (χ4n) is 4.51. The maximum atomic E-state index is 13.5. The van der Waals surface area contributed by atoms with Crippen LogP contribution >= 0.6 is 11.3 Å². The number of benzene rings is 3. The summed E-state index contributed by atoms with van der Waals surface area (Å²) in [5.74, 6) is -1.10. The summed E-state index contributed by atoms with van der Waals surface area (Å²) < 4.78 is 11.0. The maximum absolute atomic E-state index is 13.5. The van der Waals surface area contributed by atoms with Gasteiger partial charge in [-0.1, -0.05) is 66.2 Å². The van der Waals surface area contributed by atoms with Crippen molar-refractivity contribution < 1.29 is 28.7 Å². The van der Waals surface area contributed by atoms with E-state index in [0.29, 0.717) is 23.4 Å². The van der Waals surface area contributed by atoms with Gasteiger partial charge in [-0.3, -0.25) is 14.4 Å². The van der Waals surface area contributed by atoms with Crippen LogP contribution in [0.25, 0.3) is 10.1 Å². The van der Waals surface area contributed by atoms with Gasteiger partial charge in [-0.2, -0.15) is 0 Å². The summed E-state index contributed by atoms with van der Waals surface area (Å²) in [5, 5.41) is 9.45. The molecule has 0 aliphatic heterocycles. The fourth-order valence-corrected chi connectivity index (χ4v) is 5.48. The number of fused-ring (bicyclic) bond motifs is 1. The van der Waals surface area contributed by atoms with Crippen molar-refractivity contribution in [1.29, 1.82) is 0 Å². The second-order valence-electron chi connectivity index (χ2n) is 10.0. The van der Waals surface area contributed by atoms with E-state index >= 15 is 0 Å². The molecule has 0 fully saturated rings. The third-order valence-electron chi connectivity index (χ3n) is 6.76. The van der Waals surface area contributed by atoms with E-state index in [4.69, 9.17) is 9.47 Å². The van der Waals surface area contributed by atoms with Crippen molar-refractivity contribution in [2.75, 3.05) is 19.0 Å². The van der Waals surface area contributed by atoms with Crippen LogP contribution in [0.3, 0.4) is 0 Å². The number of thiophene rings is 1. The Kier molecular flexibility index (Phi) is 11.3. The Labute approximate surface area is 254 Å². The second-order valence-corrected chi connectivity index (χ2v) is 11.1. The van der Waals surface area contributed by atoms with Gasteiger partial charge in [0.1, 0.15) is 12.6 Å². The van der Waals surface area contributed by atoms with Crippen LogP contribution in [-0.2, 0) is 32.1 Å². The molecule has 0 aliphatic rings. The molecule has 3 amide bonds. The van der Waals surface area contributed by atoms with Gasteiger partial charge in [0, 0.05) is 23.4 Å². The topological polar surface area (TPSA) is 123 Å². The quantitative estimate of drug-likeness (QED) is 0.132. The summed E-state index contributed by atoms with van der Waals surface area (Å²) in [6.45, 7) is 2.38. The molecule has 1 atom stereocenters. The largest absolute Gasteiger partial charge is 0.469 e. The summed E-state index contributed by atoms with van der Waals surface area (Å²) in [4.78, 5) is 51.1. The molecule has 4 aromatic rings. The molecular formula is C33H35N3O6S. The molecule has 0 saturated carbocycles. The molecule has 0 saturated heterocycles. The standard InChI is InChI=1S/C33H35N3O6S/c1-22-9-7-10-23(19-22)21-42-33(40)34-18-8-14-27(36-32(39)29-20-25-12-4-6-15-28(25)43-29)31(38)35-26-13-5-3-11-24(26)16-17-30(37)41-2/h3-7,9-13,15,19-20,27H,8,14,16-18,21H2,1-2H3,(H,34,40)(H,35,38)(H,36,39)/t27-/m0/s1. The van der Waals surface area contributed by atoms with Crippen molar-refractivity contribution in [3.8, 4) is 0 Å². The Hall–Kier alpha value is -4.70. The number of alkyl carbamates (subject to hydrolysis) is 1. The number of para-hydroxylation sites is 1. The van der Waals surface area contributed by atoms with E-state index in [1.165, 1.54) is 18.4 Å². The highest BCUT2D eigenvalue weighted by Crippen LogP contribution is 2.25. The molecule has 0 radical (unpaired) electrons. The number of methoxy groups -OCH3 is 1. The van der Waals surface area contributed by atoms with E-state index in [-0.39, 0.29) is 37.9 Å². The molecule has 9 nitrogen and oxygen atoms in total. The average Bonchev–Trinajstić information content (AvgIpc) is 3.45. The van der Waals surface area contributed by atoms with E-state index in [2.05, 4.69) is 16.0 Å². The Morgan fingerprint density at radius 1 is 0.930 bits per heavy atom. The first-order chi connectivity index (χ1) is 20.8. The van der Waals surface area contributed by atoms with Gasteiger partial charge < -0.3 is 25.4 Å². The van der Waals surface area contributed by atoms with E-state index in [1.54, 1.807) is 18.2 Å². The molecular weight excluding hydrogens is 566 g/mol. The number of hydrogen-bond acceptors (Lipinski definition) is 7. The van der Waals surface area contributed by atoms with Crippen molar-refractivity contribution >= 4 is 51.0 Å². The number of carbonyl (C=O) groups excluding carboxylic acids is 4. The molecule has 0 unspecified atom stereocenters. The monoisotopic (exact) mass is 601 g/mol. The molecule has 43 heavy (non-hydrogen) atoms. The van der Waals surface area contributed by atoms with Crippen LogP contribution in [-0.4, -0.2) is 43.6 Å². The normalized spacial score (nSPS) is 11.4. The Morgan fingerprint density at radius 2 is 1.72 bits per heavy atom. The number of esters is 1. The van der Waals surface area contributed by atoms with Gasteiger partial charge >= 0.3 is 12.1 Å². The first-order valence-electron chi connectivity index (χ1n) is 14.0. The zero-order valence-electron chi connectivity index (χ0n) is 24.2. The fraction of sp³-hybridized carbons (Fsp3) is 0.273. The van der Waals surface area contributed by atoms with Gasteiger partial charge in [0.05, 0.1) is 12.0 Å². The third-order valence-corrected chi connectivity index (χ3v) is 7.88. The second kappa shape index (κ2) is 15.5. The SMILES string of the molecule is COC(=O)CCc1ccccc1NC(=O)[C@H](CCCNC(=O)OCc1cccc(C)c1)NC(=O)c1cc2ccccc2s1. The van der Waals surface area contributed by atoms with Crippen molar-refractivity contribution in [3.63, 3.8) is 0 Å². The molecule has 1 heterocycles. The Balaban J connectivity index is 1.38. The highest BCUT2D eigenvalue weighted by molar-refractivity contribution is 7.20. The summed E-state index contributed by atoms with van der Waals surface area (Å²) >= 11 is 1.35. The Bertz CT molecular complexity index is 1550. The summed E-state index contributed by atoms with van der Waals surface area (Å²) in [5.41, 5.74) is 3.29. The number of nitrogens with one attached hydrogen (secondary N) is 3. The van der Waals surface area contributed by atoms with Crippen LogP contribution in [0.5, 0.6) is 0 Å². The number of carbonyl (C=O) groups is 4. The van der Waals surface area contributed by atoms with Crippen molar-refractivity contribution in [2.24, 2.45) is 0 Å². The third kappa shape index (κ3) is 9.40. The maximum Gasteiger partial charge on any atom is 0.407 e.